The lowest BCUT2D eigenvalue weighted by molar-refractivity contribution is -0.122. The lowest BCUT2D eigenvalue weighted by atomic mass is 9.70. The molecule has 0 aromatic heterocycles. The summed E-state index contributed by atoms with van der Waals surface area (Å²) in [5.74, 6) is 2.00. The zero-order chi connectivity index (χ0) is 66.0. The topological polar surface area (TPSA) is 166 Å². The van der Waals surface area contributed by atoms with E-state index in [2.05, 4.69) is 133 Å². The van der Waals surface area contributed by atoms with E-state index in [1.807, 2.05) is 18.2 Å². The van der Waals surface area contributed by atoms with Gasteiger partial charge >= 0.3 is 0 Å². The van der Waals surface area contributed by atoms with Gasteiger partial charge in [0.2, 0.25) is 0 Å². The Hall–Kier alpha value is -3.91. The number of ether oxygens (including phenoxy) is 6. The van der Waals surface area contributed by atoms with Gasteiger partial charge in [0.25, 0.3) is 0 Å². The summed E-state index contributed by atoms with van der Waals surface area (Å²) in [6.07, 6.45) is 11.9. The number of fused-ring (bicyclic) bond motifs is 1. The van der Waals surface area contributed by atoms with E-state index in [1.165, 1.54) is 38.9 Å². The summed E-state index contributed by atoms with van der Waals surface area (Å²) in [7, 11) is 2.12. The van der Waals surface area contributed by atoms with Crippen molar-refractivity contribution >= 4 is 63.8 Å². The van der Waals surface area contributed by atoms with E-state index in [4.69, 9.17) is 74.8 Å². The van der Waals surface area contributed by atoms with Crippen molar-refractivity contribution in [1.82, 2.24) is 20.9 Å². The molecule has 5 rings (SSSR count). The largest absolute Gasteiger partial charge is 0.393 e. The fraction of sp³-hybridized carbons (Fsp3) is 0.581. The van der Waals surface area contributed by atoms with Crippen LogP contribution in [0.15, 0.2) is 109 Å². The third-order valence-electron chi connectivity index (χ3n) is 17.0. The van der Waals surface area contributed by atoms with Crippen LogP contribution in [0.5, 0.6) is 0 Å². The van der Waals surface area contributed by atoms with E-state index in [9.17, 15) is 19.5 Å². The predicted molar refractivity (Wildman–Crippen MR) is 375 cm³/mol. The van der Waals surface area contributed by atoms with Crippen LogP contribution in [0.3, 0.4) is 0 Å². The third kappa shape index (κ3) is 31.8. The zero-order valence-corrected chi connectivity index (χ0v) is 58.3. The highest BCUT2D eigenvalue weighted by molar-refractivity contribution is 6.35. The number of hydrogen-bond donors (Lipinski definition) is 4. The fourth-order valence-corrected chi connectivity index (χ4v) is 12.3. The summed E-state index contributed by atoms with van der Waals surface area (Å²) < 4.78 is 34.8. The molecule has 4 aromatic carbocycles. The molecule has 0 saturated carbocycles. The second-order valence-corrected chi connectivity index (χ2v) is 25.8. The van der Waals surface area contributed by atoms with Crippen molar-refractivity contribution in [3.05, 3.63) is 164 Å². The maximum Gasteiger partial charge on any atom is 0.133 e. The van der Waals surface area contributed by atoms with E-state index in [1.54, 1.807) is 6.92 Å². The maximum atomic E-state index is 13.4. The number of aliphatic hydroxyl groups excluding tert-OH is 1. The van der Waals surface area contributed by atoms with Crippen LogP contribution in [-0.4, -0.2) is 158 Å². The number of Topliss-reactive ketones (excluding diaryl/α,β-unsaturated/α-hetero) is 3. The fourth-order valence-electron chi connectivity index (χ4n) is 11.5. The number of hydrogen-bond acceptors (Lipinski definition) is 14. The number of ketones is 3. The van der Waals surface area contributed by atoms with Gasteiger partial charge < -0.3 is 54.4 Å². The van der Waals surface area contributed by atoms with E-state index in [0.29, 0.717) is 197 Å². The van der Waals surface area contributed by atoms with Gasteiger partial charge in [-0.2, -0.15) is 0 Å². The number of nitrogens with zero attached hydrogens (tertiary/aromatic N) is 1. The molecule has 1 heterocycles. The molecule has 1 aliphatic rings. The molecule has 0 radical (unpaired) electrons. The van der Waals surface area contributed by atoms with Crippen LogP contribution in [-0.2, 0) is 69.0 Å². The standard InChI is InChI=1S/C74H106Cl4N4O10/c1-57(13-8-30-75)63-18-5-15-60(47-63)52-79-32-38-90-44-41-87-35-10-21-67(84)24-27-74(59(3)83,28-25-68(85)22-11-36-88-42-45-91-39-33-80-53-61-16-6-19-64(48-61)58(2)14-9-31-76)29-26-69(86)23-12-37-89-43-46-92-40-34-81-54-62-17-7-20-65(49-62)71-55-82(4)56-72-70(71)50-66(77)51-73(72)78/h5-9,13-20,47-51,57-59,71,79-81,83H,10-12,21-46,52-56H2,1-4H3/b13-8+,14-9+/t57-,58-,59?,71+/m1/s1. The molecule has 14 nitrogen and oxygen atoms in total. The molecule has 4 aromatic rings. The highest BCUT2D eigenvalue weighted by Crippen LogP contribution is 2.41. The first-order valence-corrected chi connectivity index (χ1v) is 35.2. The van der Waals surface area contributed by atoms with Gasteiger partial charge in [0, 0.05) is 138 Å². The summed E-state index contributed by atoms with van der Waals surface area (Å²) in [5, 5.41) is 23.1. The zero-order valence-electron chi connectivity index (χ0n) is 55.3. The Morgan fingerprint density at radius 1 is 0.554 bits per heavy atom. The molecule has 4 atom stereocenters. The first-order valence-electron chi connectivity index (χ1n) is 33.4. The molecule has 1 aliphatic heterocycles. The number of benzene rings is 4. The first kappa shape index (κ1) is 78.8. The average Bonchev–Trinajstić information content (AvgIpc) is 0.819. The summed E-state index contributed by atoms with van der Waals surface area (Å²) in [6.45, 7) is 17.6. The molecule has 510 valence electrons. The van der Waals surface area contributed by atoms with Crippen LogP contribution >= 0.6 is 46.4 Å². The van der Waals surface area contributed by atoms with Crippen molar-refractivity contribution in [3.63, 3.8) is 0 Å². The molecule has 0 bridgehead atoms. The Kier molecular flexibility index (Phi) is 40.3. The molecule has 18 heteroatoms. The Morgan fingerprint density at radius 3 is 1.37 bits per heavy atom. The molecule has 92 heavy (non-hydrogen) atoms. The number of allylic oxidation sites excluding steroid dienone is 4. The number of rotatable bonds is 53. The van der Waals surface area contributed by atoms with E-state index in [0.717, 1.165) is 31.7 Å². The van der Waals surface area contributed by atoms with E-state index < -0.39 is 11.5 Å². The van der Waals surface area contributed by atoms with Crippen molar-refractivity contribution < 1.29 is 47.9 Å². The second kappa shape index (κ2) is 47.1. The van der Waals surface area contributed by atoms with Gasteiger partial charge in [-0.1, -0.05) is 134 Å². The van der Waals surface area contributed by atoms with E-state index in [-0.39, 0.29) is 42.5 Å². The Balaban J connectivity index is 0.958. The molecular weight excluding hydrogens is 1250 g/mol. The Bertz CT molecular complexity index is 2680. The normalized spacial score (nSPS) is 14.7. The number of aliphatic hydroxyl groups is 1. The number of carbonyl (C=O) groups is 3. The van der Waals surface area contributed by atoms with Crippen LogP contribution in [0.1, 0.15) is 160 Å². The SMILES string of the molecule is CC(O)C(CCC(=O)CCCOCCOCCNCc1cccc([C@@H]2CN(C)Cc3c(Cl)cc(Cl)cc32)c1)(CCC(=O)CCCOCCOCCNCc1cccc([C@H](C)/C=C/CCl)c1)CCC(=O)CCCOCCOCCNCc1cccc([C@H](C)/C=C/CCl)c1. The van der Waals surface area contributed by atoms with Gasteiger partial charge in [-0.25, -0.2) is 0 Å². The van der Waals surface area contributed by atoms with Crippen molar-refractivity contribution in [2.24, 2.45) is 5.41 Å². The number of alkyl halides is 2. The monoisotopic (exact) mass is 1350 g/mol. The first-order chi connectivity index (χ1) is 44.7. The summed E-state index contributed by atoms with van der Waals surface area (Å²) in [5.41, 5.74) is 8.91. The number of carbonyl (C=O) groups excluding carboxylic acids is 3. The van der Waals surface area contributed by atoms with Gasteiger partial charge in [-0.05, 0) is 126 Å². The average molecular weight is 1350 g/mol. The maximum absolute atomic E-state index is 13.4. The Morgan fingerprint density at radius 2 is 0.957 bits per heavy atom. The predicted octanol–water partition coefficient (Wildman–Crippen LogP) is 13.9. The van der Waals surface area contributed by atoms with Gasteiger partial charge in [0.15, 0.2) is 0 Å². The molecule has 0 fully saturated rings. The molecule has 0 spiro atoms. The lowest BCUT2D eigenvalue weighted by Gasteiger charge is -2.37. The third-order valence-corrected chi connectivity index (χ3v) is 17.9. The van der Waals surface area contributed by atoms with Crippen LogP contribution in [0.25, 0.3) is 0 Å². The Labute approximate surface area is 570 Å². The number of likely N-dealkylation sites (N-methyl/N-ethyl adjacent to an activating group) is 1. The summed E-state index contributed by atoms with van der Waals surface area (Å²) >= 11 is 24.7. The van der Waals surface area contributed by atoms with Crippen LogP contribution in [0, 0.1) is 5.41 Å². The van der Waals surface area contributed by atoms with Crippen molar-refractivity contribution in [3.8, 4) is 0 Å². The quantitative estimate of drug-likeness (QED) is 0.0187. The van der Waals surface area contributed by atoms with Crippen LogP contribution in [0.2, 0.25) is 10.0 Å². The van der Waals surface area contributed by atoms with Crippen LogP contribution < -0.4 is 16.0 Å². The van der Waals surface area contributed by atoms with Gasteiger partial charge in [-0.3, -0.25) is 14.4 Å². The molecular formula is C74H106Cl4N4O10. The number of halogens is 4. The number of nitrogens with one attached hydrogen (secondary N) is 3. The molecule has 0 saturated heterocycles. The molecule has 0 aliphatic carbocycles. The second-order valence-electron chi connectivity index (χ2n) is 24.4. The lowest BCUT2D eigenvalue weighted by Crippen LogP contribution is -2.35. The van der Waals surface area contributed by atoms with E-state index >= 15 is 0 Å². The smallest absolute Gasteiger partial charge is 0.133 e. The highest BCUT2D eigenvalue weighted by atomic mass is 35.5. The molecule has 4 N–H and O–H groups in total. The van der Waals surface area contributed by atoms with Gasteiger partial charge in [-0.15, -0.1) is 23.2 Å². The summed E-state index contributed by atoms with van der Waals surface area (Å²) in [4.78, 5) is 42.4. The minimum Gasteiger partial charge on any atom is -0.393 e. The van der Waals surface area contributed by atoms with Gasteiger partial charge in [0.1, 0.15) is 17.3 Å². The highest BCUT2D eigenvalue weighted by Gasteiger charge is 2.36. The van der Waals surface area contributed by atoms with Crippen molar-refractivity contribution in [1.29, 1.82) is 0 Å². The summed E-state index contributed by atoms with van der Waals surface area (Å²) in [6, 6.07) is 29.6. The van der Waals surface area contributed by atoms with Crippen molar-refractivity contribution in [2.45, 2.75) is 148 Å². The van der Waals surface area contributed by atoms with Gasteiger partial charge in [0.05, 0.1) is 65.6 Å². The minimum atomic E-state index is -0.834. The van der Waals surface area contributed by atoms with Crippen molar-refractivity contribution in [2.75, 3.05) is 124 Å². The van der Waals surface area contributed by atoms with Crippen LogP contribution in [0.4, 0.5) is 0 Å². The molecule has 1 unspecified atom stereocenters. The molecule has 0 amide bonds. The minimum absolute atomic E-state index is 0.0647.